The lowest BCUT2D eigenvalue weighted by molar-refractivity contribution is 0.548. The molecular weight excluding hydrogens is 272 g/mol. The SMILES string of the molecule is NC(CNS(=O)(=O)c1ccc2ccccc2c1)C1CC1. The second-order valence-electron chi connectivity index (χ2n) is 5.36. The van der Waals surface area contributed by atoms with Crippen molar-refractivity contribution in [2.45, 2.75) is 23.8 Å². The van der Waals surface area contributed by atoms with Crippen LogP contribution in [0.1, 0.15) is 12.8 Å². The summed E-state index contributed by atoms with van der Waals surface area (Å²) in [5.41, 5.74) is 5.93. The molecule has 1 aliphatic rings. The van der Waals surface area contributed by atoms with Gasteiger partial charge >= 0.3 is 0 Å². The van der Waals surface area contributed by atoms with Gasteiger partial charge in [0.25, 0.3) is 0 Å². The summed E-state index contributed by atoms with van der Waals surface area (Å²) in [7, 11) is -3.48. The lowest BCUT2D eigenvalue weighted by Gasteiger charge is -2.12. The van der Waals surface area contributed by atoms with Gasteiger partial charge in [-0.25, -0.2) is 13.1 Å². The van der Waals surface area contributed by atoms with E-state index in [1.807, 2.05) is 30.3 Å². The Morgan fingerprint density at radius 3 is 2.55 bits per heavy atom. The summed E-state index contributed by atoms with van der Waals surface area (Å²) in [6.45, 7) is 0.305. The van der Waals surface area contributed by atoms with Crippen molar-refractivity contribution in [1.82, 2.24) is 4.72 Å². The maximum atomic E-state index is 12.3. The van der Waals surface area contributed by atoms with Crippen LogP contribution in [0.5, 0.6) is 0 Å². The van der Waals surface area contributed by atoms with Crippen LogP contribution < -0.4 is 10.5 Å². The fraction of sp³-hybridized carbons (Fsp3) is 0.333. The molecule has 2 aromatic rings. The Hall–Kier alpha value is -1.43. The Labute approximate surface area is 119 Å². The predicted molar refractivity (Wildman–Crippen MR) is 79.8 cm³/mol. The molecule has 106 valence electrons. The van der Waals surface area contributed by atoms with Crippen molar-refractivity contribution in [3.05, 3.63) is 42.5 Å². The first-order valence-corrected chi connectivity index (χ1v) is 8.29. The number of nitrogens with two attached hydrogens (primary N) is 1. The number of benzene rings is 2. The summed E-state index contributed by atoms with van der Waals surface area (Å²) in [6, 6.07) is 12.8. The second kappa shape index (κ2) is 5.16. The van der Waals surface area contributed by atoms with E-state index in [4.69, 9.17) is 5.73 Å². The summed E-state index contributed by atoms with van der Waals surface area (Å²) in [5.74, 6) is 0.481. The van der Waals surface area contributed by atoms with Crippen LogP contribution in [0.25, 0.3) is 10.8 Å². The van der Waals surface area contributed by atoms with Gasteiger partial charge in [-0.15, -0.1) is 0 Å². The van der Waals surface area contributed by atoms with E-state index in [1.165, 1.54) is 0 Å². The minimum atomic E-state index is -3.48. The summed E-state index contributed by atoms with van der Waals surface area (Å²) in [4.78, 5) is 0.291. The van der Waals surface area contributed by atoms with Gasteiger partial charge in [-0.1, -0.05) is 30.3 Å². The Kier molecular flexibility index (Phi) is 3.50. The molecule has 1 atom stereocenters. The number of rotatable bonds is 5. The predicted octanol–water partition coefficient (Wildman–Crippen LogP) is 1.86. The molecule has 0 radical (unpaired) electrons. The van der Waals surface area contributed by atoms with Crippen LogP contribution in [0.4, 0.5) is 0 Å². The highest BCUT2D eigenvalue weighted by Gasteiger charge is 2.29. The molecule has 0 bridgehead atoms. The van der Waals surface area contributed by atoms with E-state index in [0.717, 1.165) is 23.6 Å². The summed E-state index contributed by atoms with van der Waals surface area (Å²) in [6.07, 6.45) is 2.22. The van der Waals surface area contributed by atoms with E-state index in [1.54, 1.807) is 12.1 Å². The Morgan fingerprint density at radius 1 is 1.15 bits per heavy atom. The molecule has 1 aliphatic carbocycles. The van der Waals surface area contributed by atoms with E-state index in [0.29, 0.717) is 17.4 Å². The fourth-order valence-electron chi connectivity index (χ4n) is 2.31. The van der Waals surface area contributed by atoms with E-state index in [9.17, 15) is 8.42 Å². The molecule has 1 saturated carbocycles. The molecule has 0 heterocycles. The molecule has 20 heavy (non-hydrogen) atoms. The zero-order chi connectivity index (χ0) is 14.2. The van der Waals surface area contributed by atoms with Crippen molar-refractivity contribution in [2.24, 2.45) is 11.7 Å². The van der Waals surface area contributed by atoms with Gasteiger partial charge in [-0.3, -0.25) is 0 Å². The van der Waals surface area contributed by atoms with Gasteiger partial charge in [-0.05, 0) is 41.7 Å². The van der Waals surface area contributed by atoms with Gasteiger partial charge in [0.05, 0.1) is 4.90 Å². The maximum Gasteiger partial charge on any atom is 0.240 e. The zero-order valence-electron chi connectivity index (χ0n) is 11.1. The molecule has 1 unspecified atom stereocenters. The number of fused-ring (bicyclic) bond motifs is 1. The highest BCUT2D eigenvalue weighted by molar-refractivity contribution is 7.89. The van der Waals surface area contributed by atoms with Crippen molar-refractivity contribution in [1.29, 1.82) is 0 Å². The lowest BCUT2D eigenvalue weighted by atomic mass is 10.1. The van der Waals surface area contributed by atoms with Gasteiger partial charge < -0.3 is 5.73 Å². The highest BCUT2D eigenvalue weighted by atomic mass is 32.2. The van der Waals surface area contributed by atoms with Gasteiger partial charge in [-0.2, -0.15) is 0 Å². The molecule has 3 N–H and O–H groups in total. The number of sulfonamides is 1. The standard InChI is InChI=1S/C15H18N2O2S/c16-15(12-5-6-12)10-17-20(18,19)14-8-7-11-3-1-2-4-13(11)9-14/h1-4,7-9,12,15,17H,5-6,10,16H2. The third-order valence-corrected chi connectivity index (χ3v) is 5.19. The molecule has 0 aromatic heterocycles. The van der Waals surface area contributed by atoms with Crippen LogP contribution in [0.2, 0.25) is 0 Å². The van der Waals surface area contributed by atoms with E-state index in [-0.39, 0.29) is 6.04 Å². The van der Waals surface area contributed by atoms with Crippen molar-refractivity contribution >= 4 is 20.8 Å². The molecule has 0 spiro atoms. The number of hydrogen-bond acceptors (Lipinski definition) is 3. The molecule has 3 rings (SSSR count). The van der Waals surface area contributed by atoms with Crippen LogP contribution in [0, 0.1) is 5.92 Å². The topological polar surface area (TPSA) is 72.2 Å². The monoisotopic (exact) mass is 290 g/mol. The number of hydrogen-bond donors (Lipinski definition) is 2. The quantitative estimate of drug-likeness (QED) is 0.883. The molecular formula is C15H18N2O2S. The van der Waals surface area contributed by atoms with E-state index >= 15 is 0 Å². The minimum absolute atomic E-state index is 0.0785. The zero-order valence-corrected chi connectivity index (χ0v) is 11.9. The third-order valence-electron chi connectivity index (χ3n) is 3.77. The summed E-state index contributed by atoms with van der Waals surface area (Å²) < 4.78 is 27.1. The van der Waals surface area contributed by atoms with Gasteiger partial charge in [0.2, 0.25) is 10.0 Å². The Morgan fingerprint density at radius 2 is 1.85 bits per heavy atom. The van der Waals surface area contributed by atoms with Crippen LogP contribution in [0.3, 0.4) is 0 Å². The van der Waals surface area contributed by atoms with Crippen LogP contribution in [0.15, 0.2) is 47.4 Å². The van der Waals surface area contributed by atoms with Crippen LogP contribution >= 0.6 is 0 Å². The van der Waals surface area contributed by atoms with Gasteiger partial charge in [0.1, 0.15) is 0 Å². The third kappa shape index (κ3) is 2.85. The average Bonchev–Trinajstić information content (AvgIpc) is 3.29. The first-order chi connectivity index (χ1) is 9.56. The van der Waals surface area contributed by atoms with Crippen LogP contribution in [-0.4, -0.2) is 21.0 Å². The molecule has 0 saturated heterocycles. The van der Waals surface area contributed by atoms with Crippen molar-refractivity contribution in [2.75, 3.05) is 6.54 Å². The second-order valence-corrected chi connectivity index (χ2v) is 7.13. The largest absolute Gasteiger partial charge is 0.326 e. The first-order valence-electron chi connectivity index (χ1n) is 6.80. The number of nitrogens with one attached hydrogen (secondary N) is 1. The average molecular weight is 290 g/mol. The summed E-state index contributed by atoms with van der Waals surface area (Å²) in [5, 5.41) is 1.95. The lowest BCUT2D eigenvalue weighted by Crippen LogP contribution is -2.38. The fourth-order valence-corrected chi connectivity index (χ4v) is 3.42. The Bertz CT molecular complexity index is 723. The molecule has 4 nitrogen and oxygen atoms in total. The normalized spacial score (nSPS) is 17.2. The van der Waals surface area contributed by atoms with Gasteiger partial charge in [0, 0.05) is 12.6 Å². The molecule has 5 heteroatoms. The van der Waals surface area contributed by atoms with Crippen LogP contribution in [-0.2, 0) is 10.0 Å². The molecule has 0 amide bonds. The summed E-state index contributed by atoms with van der Waals surface area (Å²) >= 11 is 0. The van der Waals surface area contributed by atoms with Crippen molar-refractivity contribution in [3.63, 3.8) is 0 Å². The van der Waals surface area contributed by atoms with E-state index < -0.39 is 10.0 Å². The smallest absolute Gasteiger partial charge is 0.240 e. The van der Waals surface area contributed by atoms with Gasteiger partial charge in [0.15, 0.2) is 0 Å². The highest BCUT2D eigenvalue weighted by Crippen LogP contribution is 2.31. The molecule has 1 fully saturated rings. The van der Waals surface area contributed by atoms with Crippen molar-refractivity contribution in [3.8, 4) is 0 Å². The minimum Gasteiger partial charge on any atom is -0.326 e. The first kappa shape index (κ1) is 13.5. The maximum absolute atomic E-state index is 12.3. The molecule has 2 aromatic carbocycles. The Balaban J connectivity index is 1.80. The van der Waals surface area contributed by atoms with Crippen molar-refractivity contribution < 1.29 is 8.42 Å². The van der Waals surface area contributed by atoms with E-state index in [2.05, 4.69) is 4.72 Å². The molecule has 0 aliphatic heterocycles.